The molecule has 0 N–H and O–H groups in total. The molecule has 0 amide bonds. The quantitative estimate of drug-likeness (QED) is 0.682. The van der Waals surface area contributed by atoms with Crippen molar-refractivity contribution in [1.29, 1.82) is 0 Å². The van der Waals surface area contributed by atoms with Crippen molar-refractivity contribution >= 4 is 11.3 Å². The second-order valence-electron chi connectivity index (χ2n) is 7.78. The molecule has 1 aromatic heterocycles. The Balaban J connectivity index is 1.59. The van der Waals surface area contributed by atoms with Crippen LogP contribution in [0.25, 0.3) is 10.6 Å². The van der Waals surface area contributed by atoms with Crippen LogP contribution in [-0.2, 0) is 6.54 Å². The van der Waals surface area contributed by atoms with Crippen LogP contribution >= 0.6 is 11.3 Å². The Morgan fingerprint density at radius 3 is 2.29 bits per heavy atom. The zero-order chi connectivity index (χ0) is 17.1. The van der Waals surface area contributed by atoms with E-state index in [1.54, 1.807) is 0 Å². The van der Waals surface area contributed by atoms with E-state index >= 15 is 0 Å². The van der Waals surface area contributed by atoms with Crippen LogP contribution in [0.4, 0.5) is 0 Å². The van der Waals surface area contributed by atoms with Crippen molar-refractivity contribution in [1.82, 2.24) is 9.88 Å². The van der Waals surface area contributed by atoms with Gasteiger partial charge in [0.2, 0.25) is 0 Å². The standard InChI is InChI=1S/C21H30N2S/c1-15(2)18-9-11-23(12-10-18)14-17-5-7-19(8-6-17)21-22-13-20(24-21)16(3)4/h5-8,13,15-16,18H,9-12,14H2,1-4H3. The molecule has 0 saturated carbocycles. The van der Waals surface area contributed by atoms with Gasteiger partial charge in [-0.2, -0.15) is 0 Å². The normalized spacial score (nSPS) is 17.1. The van der Waals surface area contributed by atoms with E-state index in [4.69, 9.17) is 0 Å². The molecule has 0 unspecified atom stereocenters. The highest BCUT2D eigenvalue weighted by atomic mass is 32.1. The van der Waals surface area contributed by atoms with Gasteiger partial charge in [0, 0.05) is 23.2 Å². The largest absolute Gasteiger partial charge is 0.299 e. The van der Waals surface area contributed by atoms with Gasteiger partial charge in [0.25, 0.3) is 0 Å². The van der Waals surface area contributed by atoms with Gasteiger partial charge >= 0.3 is 0 Å². The fourth-order valence-corrected chi connectivity index (χ4v) is 4.40. The molecular formula is C21H30N2S. The molecule has 130 valence electrons. The predicted octanol–water partition coefficient (Wildman–Crippen LogP) is 5.80. The summed E-state index contributed by atoms with van der Waals surface area (Å²) in [6, 6.07) is 9.03. The molecular weight excluding hydrogens is 312 g/mol. The number of thiazole rings is 1. The summed E-state index contributed by atoms with van der Waals surface area (Å²) >= 11 is 1.82. The first-order chi connectivity index (χ1) is 11.5. The summed E-state index contributed by atoms with van der Waals surface area (Å²) in [6.45, 7) is 12.8. The van der Waals surface area contributed by atoms with Crippen LogP contribution in [0.5, 0.6) is 0 Å². The first kappa shape index (κ1) is 17.6. The van der Waals surface area contributed by atoms with Gasteiger partial charge in [-0.15, -0.1) is 11.3 Å². The molecule has 0 bridgehead atoms. The van der Waals surface area contributed by atoms with Crippen LogP contribution in [0.3, 0.4) is 0 Å². The molecule has 2 aromatic rings. The van der Waals surface area contributed by atoms with E-state index in [1.807, 2.05) is 17.5 Å². The third-order valence-corrected chi connectivity index (χ3v) is 6.62. The van der Waals surface area contributed by atoms with Gasteiger partial charge in [-0.3, -0.25) is 4.90 Å². The van der Waals surface area contributed by atoms with Gasteiger partial charge in [0.05, 0.1) is 0 Å². The van der Waals surface area contributed by atoms with Crippen LogP contribution in [0.15, 0.2) is 30.5 Å². The number of hydrogen-bond donors (Lipinski definition) is 0. The van der Waals surface area contributed by atoms with Crippen molar-refractivity contribution in [2.24, 2.45) is 11.8 Å². The first-order valence-corrected chi connectivity index (χ1v) is 10.1. The summed E-state index contributed by atoms with van der Waals surface area (Å²) in [4.78, 5) is 8.55. The Hall–Kier alpha value is -1.19. The van der Waals surface area contributed by atoms with Crippen molar-refractivity contribution in [2.45, 2.75) is 53.0 Å². The summed E-state index contributed by atoms with van der Waals surface area (Å²) in [7, 11) is 0. The Bertz CT molecular complexity index is 634. The van der Waals surface area contributed by atoms with Crippen LogP contribution in [-0.4, -0.2) is 23.0 Å². The number of hydrogen-bond acceptors (Lipinski definition) is 3. The number of likely N-dealkylation sites (tertiary alicyclic amines) is 1. The summed E-state index contributed by atoms with van der Waals surface area (Å²) in [5.41, 5.74) is 2.66. The lowest BCUT2D eigenvalue weighted by atomic mass is 9.86. The highest BCUT2D eigenvalue weighted by Gasteiger charge is 2.21. The highest BCUT2D eigenvalue weighted by Crippen LogP contribution is 2.30. The lowest BCUT2D eigenvalue weighted by Gasteiger charge is -2.33. The molecule has 0 aliphatic carbocycles. The maximum atomic E-state index is 4.59. The van der Waals surface area contributed by atoms with Gasteiger partial charge in [0.15, 0.2) is 0 Å². The van der Waals surface area contributed by atoms with Crippen LogP contribution in [0, 0.1) is 11.8 Å². The fraction of sp³-hybridized carbons (Fsp3) is 0.571. The molecule has 1 aromatic carbocycles. The van der Waals surface area contributed by atoms with Gasteiger partial charge < -0.3 is 0 Å². The van der Waals surface area contributed by atoms with E-state index in [9.17, 15) is 0 Å². The predicted molar refractivity (Wildman–Crippen MR) is 104 cm³/mol. The smallest absolute Gasteiger partial charge is 0.123 e. The monoisotopic (exact) mass is 342 g/mol. The minimum atomic E-state index is 0.560. The molecule has 0 spiro atoms. The molecule has 2 nitrogen and oxygen atoms in total. The second kappa shape index (κ2) is 7.79. The van der Waals surface area contributed by atoms with E-state index in [0.717, 1.165) is 23.4 Å². The van der Waals surface area contributed by atoms with Crippen LogP contribution < -0.4 is 0 Å². The summed E-state index contributed by atoms with van der Waals surface area (Å²) in [5.74, 6) is 2.31. The minimum Gasteiger partial charge on any atom is -0.299 e. The maximum absolute atomic E-state index is 4.59. The van der Waals surface area contributed by atoms with E-state index in [-0.39, 0.29) is 0 Å². The fourth-order valence-electron chi connectivity index (χ4n) is 3.48. The van der Waals surface area contributed by atoms with Crippen molar-refractivity contribution < 1.29 is 0 Å². The molecule has 24 heavy (non-hydrogen) atoms. The lowest BCUT2D eigenvalue weighted by molar-refractivity contribution is 0.152. The zero-order valence-corrected chi connectivity index (χ0v) is 16.3. The second-order valence-corrected chi connectivity index (χ2v) is 8.84. The third kappa shape index (κ3) is 4.25. The minimum absolute atomic E-state index is 0.560. The molecule has 1 saturated heterocycles. The lowest BCUT2D eigenvalue weighted by Crippen LogP contribution is -2.34. The molecule has 1 aliphatic rings. The number of piperidine rings is 1. The molecule has 1 aliphatic heterocycles. The Labute approximate surface area is 150 Å². The highest BCUT2D eigenvalue weighted by molar-refractivity contribution is 7.15. The van der Waals surface area contributed by atoms with Crippen molar-refractivity contribution in [3.05, 3.63) is 40.9 Å². The van der Waals surface area contributed by atoms with Gasteiger partial charge in [-0.05, 0) is 49.2 Å². The molecule has 3 heteroatoms. The van der Waals surface area contributed by atoms with Crippen molar-refractivity contribution in [2.75, 3.05) is 13.1 Å². The Morgan fingerprint density at radius 1 is 1.08 bits per heavy atom. The van der Waals surface area contributed by atoms with Gasteiger partial charge in [-0.25, -0.2) is 4.98 Å². The number of aromatic nitrogens is 1. The van der Waals surface area contributed by atoms with E-state index in [1.165, 1.54) is 41.9 Å². The van der Waals surface area contributed by atoms with Gasteiger partial charge in [-0.1, -0.05) is 52.0 Å². The molecule has 0 atom stereocenters. The summed E-state index contributed by atoms with van der Waals surface area (Å²) in [6.07, 6.45) is 4.73. The van der Waals surface area contributed by atoms with Crippen molar-refractivity contribution in [3.63, 3.8) is 0 Å². The average molecular weight is 343 g/mol. The Morgan fingerprint density at radius 2 is 1.75 bits per heavy atom. The molecule has 0 radical (unpaired) electrons. The van der Waals surface area contributed by atoms with Crippen molar-refractivity contribution in [3.8, 4) is 10.6 Å². The zero-order valence-electron chi connectivity index (χ0n) is 15.5. The first-order valence-electron chi connectivity index (χ1n) is 9.30. The molecule has 1 fully saturated rings. The molecule has 2 heterocycles. The van der Waals surface area contributed by atoms with Crippen LogP contribution in [0.2, 0.25) is 0 Å². The van der Waals surface area contributed by atoms with E-state index < -0.39 is 0 Å². The summed E-state index contributed by atoms with van der Waals surface area (Å²) < 4.78 is 0. The van der Waals surface area contributed by atoms with E-state index in [0.29, 0.717) is 5.92 Å². The summed E-state index contributed by atoms with van der Waals surface area (Å²) in [5, 5.41) is 1.14. The average Bonchev–Trinajstić information content (AvgIpc) is 3.06. The number of benzene rings is 1. The van der Waals surface area contributed by atoms with E-state index in [2.05, 4.69) is 61.8 Å². The maximum Gasteiger partial charge on any atom is 0.123 e. The number of nitrogens with zero attached hydrogens (tertiary/aromatic N) is 2. The SMILES string of the molecule is CC(C)c1cnc(-c2ccc(CN3CCC(C(C)C)CC3)cc2)s1. The molecule has 3 rings (SSSR count). The third-order valence-electron chi connectivity index (χ3n) is 5.27. The van der Waals surface area contributed by atoms with Crippen LogP contribution in [0.1, 0.15) is 56.9 Å². The Kier molecular flexibility index (Phi) is 5.72. The van der Waals surface area contributed by atoms with Gasteiger partial charge in [0.1, 0.15) is 5.01 Å². The topological polar surface area (TPSA) is 16.1 Å². The number of rotatable bonds is 5.